The summed E-state index contributed by atoms with van der Waals surface area (Å²) in [5.74, 6) is 1.12. The van der Waals surface area contributed by atoms with Crippen LogP contribution in [0.15, 0.2) is 84.3 Å². The van der Waals surface area contributed by atoms with Gasteiger partial charge in [-0.25, -0.2) is 4.98 Å². The summed E-state index contributed by atoms with van der Waals surface area (Å²) in [6.45, 7) is 0. The number of anilines is 1. The summed E-state index contributed by atoms with van der Waals surface area (Å²) < 4.78 is 10.6. The second-order valence-corrected chi connectivity index (χ2v) is 7.77. The number of rotatable bonds is 7. The number of benzene rings is 3. The third-order valence-corrected chi connectivity index (χ3v) is 5.72. The zero-order valence-corrected chi connectivity index (χ0v) is 18.6. The Kier molecular flexibility index (Phi) is 6.63. The van der Waals surface area contributed by atoms with E-state index in [-0.39, 0.29) is 5.91 Å². The van der Waals surface area contributed by atoms with Crippen LogP contribution in [0.25, 0.3) is 27.9 Å². The molecule has 4 aromatic rings. The molecule has 0 aliphatic heterocycles. The Balaban J connectivity index is 1.42. The smallest absolute Gasteiger partial charge is 0.248 e. The lowest BCUT2D eigenvalue weighted by Gasteiger charge is -2.07. The standard InChI is InChI=1S/C26H22N2O3S/c1-30-22-13-14-24(31-2)20(16-22)10-15-25(29)27-21-11-8-18(9-12-21)23-17-32-26(28-23)19-6-4-3-5-7-19/h3-17H,1-2H3,(H,27,29)/b15-10+. The predicted octanol–water partition coefficient (Wildman–Crippen LogP) is 6.15. The van der Waals surface area contributed by atoms with E-state index >= 15 is 0 Å². The van der Waals surface area contributed by atoms with Crippen LogP contribution in [0.2, 0.25) is 0 Å². The van der Waals surface area contributed by atoms with Crippen LogP contribution in [0.4, 0.5) is 5.69 Å². The number of thiazole rings is 1. The third-order valence-electron chi connectivity index (χ3n) is 4.82. The lowest BCUT2D eigenvalue weighted by atomic mass is 10.1. The van der Waals surface area contributed by atoms with E-state index in [0.717, 1.165) is 27.4 Å². The molecule has 0 radical (unpaired) electrons. The molecule has 160 valence electrons. The molecular formula is C26H22N2O3S. The summed E-state index contributed by atoms with van der Waals surface area (Å²) in [5, 5.41) is 5.90. The molecule has 1 heterocycles. The second kappa shape index (κ2) is 9.94. The van der Waals surface area contributed by atoms with Crippen LogP contribution in [0.3, 0.4) is 0 Å². The molecule has 0 saturated carbocycles. The van der Waals surface area contributed by atoms with Crippen LogP contribution in [0, 0.1) is 0 Å². The highest BCUT2D eigenvalue weighted by molar-refractivity contribution is 7.13. The Morgan fingerprint density at radius 3 is 2.44 bits per heavy atom. The molecule has 1 aromatic heterocycles. The summed E-state index contributed by atoms with van der Waals surface area (Å²) in [6, 6.07) is 23.2. The Hall–Kier alpha value is -3.90. The fourth-order valence-electron chi connectivity index (χ4n) is 3.16. The zero-order valence-electron chi connectivity index (χ0n) is 17.7. The summed E-state index contributed by atoms with van der Waals surface area (Å²) in [7, 11) is 3.19. The van der Waals surface area contributed by atoms with Gasteiger partial charge in [0, 0.05) is 33.8 Å². The van der Waals surface area contributed by atoms with Crippen molar-refractivity contribution in [2.75, 3.05) is 19.5 Å². The van der Waals surface area contributed by atoms with Crippen molar-refractivity contribution in [3.8, 4) is 33.3 Å². The van der Waals surface area contributed by atoms with Gasteiger partial charge in [-0.3, -0.25) is 4.79 Å². The van der Waals surface area contributed by atoms with E-state index in [2.05, 4.69) is 17.4 Å². The van der Waals surface area contributed by atoms with Crippen LogP contribution < -0.4 is 14.8 Å². The maximum Gasteiger partial charge on any atom is 0.248 e. The molecule has 0 atom stereocenters. The van der Waals surface area contributed by atoms with E-state index in [1.54, 1.807) is 37.7 Å². The number of carbonyl (C=O) groups is 1. The Labute approximate surface area is 191 Å². The average Bonchev–Trinajstić information content (AvgIpc) is 3.34. The largest absolute Gasteiger partial charge is 0.497 e. The van der Waals surface area contributed by atoms with E-state index in [0.29, 0.717) is 17.2 Å². The fourth-order valence-corrected chi connectivity index (χ4v) is 4.00. The number of aromatic nitrogens is 1. The first-order valence-corrected chi connectivity index (χ1v) is 10.9. The van der Waals surface area contributed by atoms with Gasteiger partial charge in [0.05, 0.1) is 19.9 Å². The van der Waals surface area contributed by atoms with Crippen molar-refractivity contribution in [2.24, 2.45) is 0 Å². The van der Waals surface area contributed by atoms with Gasteiger partial charge in [0.25, 0.3) is 0 Å². The number of carbonyl (C=O) groups excluding carboxylic acids is 1. The molecule has 0 aliphatic carbocycles. The van der Waals surface area contributed by atoms with Crippen molar-refractivity contribution in [1.82, 2.24) is 4.98 Å². The molecule has 6 heteroatoms. The van der Waals surface area contributed by atoms with Crippen molar-refractivity contribution >= 4 is 29.0 Å². The van der Waals surface area contributed by atoms with Crippen molar-refractivity contribution in [3.05, 3.63) is 89.8 Å². The zero-order chi connectivity index (χ0) is 22.3. The number of amides is 1. The molecule has 0 spiro atoms. The molecule has 5 nitrogen and oxygen atoms in total. The van der Waals surface area contributed by atoms with Crippen LogP contribution in [-0.4, -0.2) is 25.1 Å². The van der Waals surface area contributed by atoms with Crippen LogP contribution in [-0.2, 0) is 4.79 Å². The summed E-state index contributed by atoms with van der Waals surface area (Å²) >= 11 is 1.61. The quantitative estimate of drug-likeness (QED) is 0.349. The molecule has 1 N–H and O–H groups in total. The van der Waals surface area contributed by atoms with E-state index in [4.69, 9.17) is 14.5 Å². The maximum atomic E-state index is 12.4. The topological polar surface area (TPSA) is 60.5 Å². The number of nitrogens with one attached hydrogen (secondary N) is 1. The molecule has 1 amide bonds. The number of ether oxygens (including phenoxy) is 2. The Bertz CT molecular complexity index is 1230. The van der Waals surface area contributed by atoms with E-state index in [1.165, 1.54) is 6.08 Å². The first-order chi connectivity index (χ1) is 15.7. The van der Waals surface area contributed by atoms with Gasteiger partial charge in [0.1, 0.15) is 16.5 Å². The molecule has 4 rings (SSSR count). The molecule has 0 bridgehead atoms. The Morgan fingerprint density at radius 1 is 0.938 bits per heavy atom. The van der Waals surface area contributed by atoms with Gasteiger partial charge >= 0.3 is 0 Å². The van der Waals surface area contributed by atoms with Gasteiger partial charge in [-0.1, -0.05) is 42.5 Å². The summed E-state index contributed by atoms with van der Waals surface area (Å²) in [5.41, 5.74) is 4.48. The van der Waals surface area contributed by atoms with Crippen LogP contribution in [0.1, 0.15) is 5.56 Å². The lowest BCUT2D eigenvalue weighted by Crippen LogP contribution is -2.07. The van der Waals surface area contributed by atoms with Gasteiger partial charge in [0.15, 0.2) is 0 Å². The molecule has 0 unspecified atom stereocenters. The van der Waals surface area contributed by atoms with Crippen molar-refractivity contribution in [1.29, 1.82) is 0 Å². The van der Waals surface area contributed by atoms with E-state index < -0.39 is 0 Å². The van der Waals surface area contributed by atoms with Crippen molar-refractivity contribution in [3.63, 3.8) is 0 Å². The fraction of sp³-hybridized carbons (Fsp3) is 0.0769. The van der Waals surface area contributed by atoms with Crippen LogP contribution >= 0.6 is 11.3 Å². The summed E-state index contributed by atoms with van der Waals surface area (Å²) in [4.78, 5) is 17.1. The third kappa shape index (κ3) is 5.04. The first-order valence-electron chi connectivity index (χ1n) is 9.99. The highest BCUT2D eigenvalue weighted by Gasteiger charge is 2.07. The maximum absolute atomic E-state index is 12.4. The molecule has 32 heavy (non-hydrogen) atoms. The van der Waals surface area contributed by atoms with E-state index in [1.807, 2.05) is 60.0 Å². The van der Waals surface area contributed by atoms with Crippen molar-refractivity contribution in [2.45, 2.75) is 0 Å². The highest BCUT2D eigenvalue weighted by atomic mass is 32.1. The monoisotopic (exact) mass is 442 g/mol. The second-order valence-electron chi connectivity index (χ2n) is 6.91. The van der Waals surface area contributed by atoms with Gasteiger partial charge < -0.3 is 14.8 Å². The SMILES string of the molecule is COc1ccc(OC)c(/C=C/C(=O)Nc2ccc(-c3csc(-c4ccccc4)n3)cc2)c1. The number of hydrogen-bond donors (Lipinski definition) is 1. The van der Waals surface area contributed by atoms with Gasteiger partial charge in [-0.05, 0) is 36.4 Å². The average molecular weight is 443 g/mol. The highest BCUT2D eigenvalue weighted by Crippen LogP contribution is 2.29. The lowest BCUT2D eigenvalue weighted by molar-refractivity contribution is -0.111. The number of hydrogen-bond acceptors (Lipinski definition) is 5. The van der Waals surface area contributed by atoms with E-state index in [9.17, 15) is 4.79 Å². The molecule has 0 aliphatic rings. The minimum Gasteiger partial charge on any atom is -0.497 e. The van der Waals surface area contributed by atoms with Crippen molar-refractivity contribution < 1.29 is 14.3 Å². The minimum absolute atomic E-state index is 0.234. The Morgan fingerprint density at radius 2 is 1.72 bits per heavy atom. The van der Waals surface area contributed by atoms with Crippen LogP contribution in [0.5, 0.6) is 11.5 Å². The molecular weight excluding hydrogens is 420 g/mol. The number of methoxy groups -OCH3 is 2. The predicted molar refractivity (Wildman–Crippen MR) is 130 cm³/mol. The first kappa shape index (κ1) is 21.3. The summed E-state index contributed by atoms with van der Waals surface area (Å²) in [6.07, 6.45) is 3.17. The normalized spacial score (nSPS) is 10.8. The van der Waals surface area contributed by atoms with Gasteiger partial charge in [-0.15, -0.1) is 11.3 Å². The minimum atomic E-state index is -0.234. The molecule has 0 fully saturated rings. The number of nitrogens with zero attached hydrogens (tertiary/aromatic N) is 1. The molecule has 0 saturated heterocycles. The molecule has 3 aromatic carbocycles. The van der Waals surface area contributed by atoms with Gasteiger partial charge in [0.2, 0.25) is 5.91 Å². The van der Waals surface area contributed by atoms with Gasteiger partial charge in [-0.2, -0.15) is 0 Å².